The standard InChI is InChI=1S/C12H17NO5S/c1-3-9(2)13-19(16,17)11-6-4-10(5-7-11)18-8-12(14)15/h4-7,9,13H,3,8H2,1-2H3,(H,14,15)/p-1/t9-/m1/s1. The van der Waals surface area contributed by atoms with E-state index in [9.17, 15) is 18.3 Å². The maximum atomic E-state index is 11.9. The van der Waals surface area contributed by atoms with Gasteiger partial charge in [0.05, 0.1) is 10.9 Å². The van der Waals surface area contributed by atoms with E-state index < -0.39 is 22.6 Å². The third-order valence-electron chi connectivity index (χ3n) is 2.46. The van der Waals surface area contributed by atoms with Gasteiger partial charge >= 0.3 is 0 Å². The van der Waals surface area contributed by atoms with Gasteiger partial charge in [-0.3, -0.25) is 0 Å². The van der Waals surface area contributed by atoms with Crippen molar-refractivity contribution in [1.29, 1.82) is 0 Å². The number of nitrogens with one attached hydrogen (secondary N) is 1. The molecular formula is C12H16NO5S-. The minimum absolute atomic E-state index is 0.105. The first-order valence-electron chi connectivity index (χ1n) is 5.80. The normalized spacial score (nSPS) is 12.9. The quantitative estimate of drug-likeness (QED) is 0.754. The molecule has 0 aliphatic rings. The second-order valence-corrected chi connectivity index (χ2v) is 5.78. The van der Waals surface area contributed by atoms with Crippen LogP contribution in [0.15, 0.2) is 29.2 Å². The highest BCUT2D eigenvalue weighted by Crippen LogP contribution is 2.16. The molecule has 0 fully saturated rings. The predicted molar refractivity (Wildman–Crippen MR) is 67.0 cm³/mol. The molecule has 0 amide bonds. The Balaban J connectivity index is 2.77. The van der Waals surface area contributed by atoms with Crippen LogP contribution in [0, 0.1) is 0 Å². The third kappa shape index (κ3) is 4.88. The molecule has 0 saturated carbocycles. The van der Waals surface area contributed by atoms with Gasteiger partial charge in [0.2, 0.25) is 10.0 Å². The van der Waals surface area contributed by atoms with Crippen molar-refractivity contribution in [2.45, 2.75) is 31.2 Å². The van der Waals surface area contributed by atoms with Crippen molar-refractivity contribution < 1.29 is 23.1 Å². The van der Waals surface area contributed by atoms with Crippen LogP contribution in [0.2, 0.25) is 0 Å². The summed E-state index contributed by atoms with van der Waals surface area (Å²) in [6.45, 7) is 3.08. The first kappa shape index (κ1) is 15.5. The van der Waals surface area contributed by atoms with Gasteiger partial charge in [-0.1, -0.05) is 6.92 Å². The van der Waals surface area contributed by atoms with Crippen LogP contribution < -0.4 is 14.6 Å². The van der Waals surface area contributed by atoms with Crippen molar-refractivity contribution in [1.82, 2.24) is 4.72 Å². The predicted octanol–water partition coefficient (Wildman–Crippen LogP) is -0.108. The summed E-state index contributed by atoms with van der Waals surface area (Å²) in [5.41, 5.74) is 0. The molecule has 0 spiro atoms. The maximum Gasteiger partial charge on any atom is 0.240 e. The molecule has 1 aromatic rings. The Morgan fingerprint density at radius 3 is 2.42 bits per heavy atom. The average molecular weight is 286 g/mol. The number of sulfonamides is 1. The molecule has 7 heteroatoms. The second kappa shape index (κ2) is 6.53. The summed E-state index contributed by atoms with van der Waals surface area (Å²) >= 11 is 0. The van der Waals surface area contributed by atoms with Crippen LogP contribution in [-0.4, -0.2) is 27.0 Å². The minimum atomic E-state index is -3.55. The molecule has 0 unspecified atom stereocenters. The van der Waals surface area contributed by atoms with Crippen LogP contribution in [0.4, 0.5) is 0 Å². The Morgan fingerprint density at radius 2 is 1.95 bits per heavy atom. The van der Waals surface area contributed by atoms with E-state index in [1.807, 2.05) is 6.92 Å². The van der Waals surface area contributed by atoms with E-state index in [-0.39, 0.29) is 16.7 Å². The summed E-state index contributed by atoms with van der Waals surface area (Å²) < 4.78 is 31.2. The van der Waals surface area contributed by atoms with Gasteiger partial charge in [0, 0.05) is 6.04 Å². The second-order valence-electron chi connectivity index (χ2n) is 4.06. The molecule has 0 aliphatic carbocycles. The number of carboxylic acid groups (broad SMARTS) is 1. The van der Waals surface area contributed by atoms with E-state index in [0.29, 0.717) is 6.42 Å². The Bertz CT molecular complexity index is 524. The van der Waals surface area contributed by atoms with Crippen LogP contribution in [0.25, 0.3) is 0 Å². The monoisotopic (exact) mass is 286 g/mol. The van der Waals surface area contributed by atoms with Crippen LogP contribution in [0.5, 0.6) is 5.75 Å². The van der Waals surface area contributed by atoms with Crippen LogP contribution in [-0.2, 0) is 14.8 Å². The van der Waals surface area contributed by atoms with Crippen molar-refractivity contribution in [3.05, 3.63) is 24.3 Å². The molecule has 0 bridgehead atoms. The summed E-state index contributed by atoms with van der Waals surface area (Å²) in [6, 6.07) is 5.35. The average Bonchev–Trinajstić information content (AvgIpc) is 2.36. The van der Waals surface area contributed by atoms with Gasteiger partial charge < -0.3 is 14.6 Å². The van der Waals surface area contributed by atoms with Gasteiger partial charge in [-0.2, -0.15) is 0 Å². The molecule has 106 valence electrons. The van der Waals surface area contributed by atoms with Crippen LogP contribution in [0.1, 0.15) is 20.3 Å². The summed E-state index contributed by atoms with van der Waals surface area (Å²) in [5, 5.41) is 10.2. The van der Waals surface area contributed by atoms with Crippen molar-refractivity contribution in [2.24, 2.45) is 0 Å². The highest BCUT2D eigenvalue weighted by molar-refractivity contribution is 7.89. The van der Waals surface area contributed by atoms with E-state index in [0.717, 1.165) is 0 Å². The number of hydrogen-bond donors (Lipinski definition) is 1. The molecule has 0 radical (unpaired) electrons. The lowest BCUT2D eigenvalue weighted by atomic mass is 10.3. The Morgan fingerprint density at radius 1 is 1.37 bits per heavy atom. The van der Waals surface area contributed by atoms with Gasteiger partial charge in [0.15, 0.2) is 0 Å². The molecule has 1 atom stereocenters. The molecule has 19 heavy (non-hydrogen) atoms. The molecule has 0 saturated heterocycles. The number of rotatable bonds is 7. The summed E-state index contributed by atoms with van der Waals surface area (Å²) in [6.07, 6.45) is 0.687. The lowest BCUT2D eigenvalue weighted by Crippen LogP contribution is -2.32. The third-order valence-corrected chi connectivity index (χ3v) is 4.06. The molecule has 6 nitrogen and oxygen atoms in total. The molecule has 1 aromatic carbocycles. The number of ether oxygens (including phenoxy) is 1. The maximum absolute atomic E-state index is 11.9. The molecule has 0 aliphatic heterocycles. The molecule has 0 heterocycles. The fourth-order valence-corrected chi connectivity index (χ4v) is 2.60. The number of aliphatic carboxylic acids is 1. The Hall–Kier alpha value is -1.60. The number of hydrogen-bond acceptors (Lipinski definition) is 5. The van der Waals surface area contributed by atoms with E-state index in [2.05, 4.69) is 4.72 Å². The molecule has 1 N–H and O–H groups in total. The van der Waals surface area contributed by atoms with Gasteiger partial charge in [0.25, 0.3) is 0 Å². The lowest BCUT2D eigenvalue weighted by molar-refractivity contribution is -0.307. The van der Waals surface area contributed by atoms with Gasteiger partial charge in [0.1, 0.15) is 12.4 Å². The largest absolute Gasteiger partial charge is 0.546 e. The number of carboxylic acids is 1. The van der Waals surface area contributed by atoms with Gasteiger partial charge in [-0.25, -0.2) is 13.1 Å². The highest BCUT2D eigenvalue weighted by atomic mass is 32.2. The van der Waals surface area contributed by atoms with Crippen molar-refractivity contribution >= 4 is 16.0 Å². The van der Waals surface area contributed by atoms with Crippen molar-refractivity contribution in [3.8, 4) is 5.75 Å². The zero-order valence-corrected chi connectivity index (χ0v) is 11.6. The topological polar surface area (TPSA) is 95.5 Å². The molecular weight excluding hydrogens is 270 g/mol. The summed E-state index contributed by atoms with van der Waals surface area (Å²) in [7, 11) is -3.55. The fraction of sp³-hybridized carbons (Fsp3) is 0.417. The number of carbonyl (C=O) groups is 1. The Kier molecular flexibility index (Phi) is 5.31. The number of benzene rings is 1. The zero-order valence-electron chi connectivity index (χ0n) is 10.8. The minimum Gasteiger partial charge on any atom is -0.546 e. The Labute approximate surface area is 112 Å². The van der Waals surface area contributed by atoms with Gasteiger partial charge in [-0.15, -0.1) is 0 Å². The fourth-order valence-electron chi connectivity index (χ4n) is 1.27. The van der Waals surface area contributed by atoms with Crippen molar-refractivity contribution in [3.63, 3.8) is 0 Å². The van der Waals surface area contributed by atoms with Crippen molar-refractivity contribution in [2.75, 3.05) is 6.61 Å². The molecule has 1 rings (SSSR count). The number of carbonyl (C=O) groups excluding carboxylic acids is 1. The SMILES string of the molecule is CC[C@@H](C)NS(=O)(=O)c1ccc(OCC(=O)[O-])cc1. The lowest BCUT2D eigenvalue weighted by Gasteiger charge is -2.12. The first-order chi connectivity index (χ1) is 8.85. The van der Waals surface area contributed by atoms with E-state index in [4.69, 9.17) is 4.74 Å². The highest BCUT2D eigenvalue weighted by Gasteiger charge is 2.16. The van der Waals surface area contributed by atoms with Gasteiger partial charge in [-0.05, 0) is 37.6 Å². The first-order valence-corrected chi connectivity index (χ1v) is 7.28. The molecule has 0 aromatic heterocycles. The van der Waals surface area contributed by atoms with E-state index >= 15 is 0 Å². The summed E-state index contributed by atoms with van der Waals surface area (Å²) in [5.74, 6) is -1.07. The van der Waals surface area contributed by atoms with E-state index in [1.165, 1.54) is 24.3 Å². The van der Waals surface area contributed by atoms with Crippen LogP contribution >= 0.6 is 0 Å². The smallest absolute Gasteiger partial charge is 0.240 e. The summed E-state index contributed by atoms with van der Waals surface area (Å²) in [4.78, 5) is 10.3. The van der Waals surface area contributed by atoms with Crippen LogP contribution in [0.3, 0.4) is 0 Å². The van der Waals surface area contributed by atoms with E-state index in [1.54, 1.807) is 6.92 Å². The zero-order chi connectivity index (χ0) is 14.5.